The molecule has 1 unspecified atom stereocenters. The fourth-order valence-corrected chi connectivity index (χ4v) is 4.02. The van der Waals surface area contributed by atoms with E-state index in [4.69, 9.17) is 16.3 Å². The third kappa shape index (κ3) is 4.09. The average molecular weight is 387 g/mol. The minimum atomic E-state index is 0.224. The van der Waals surface area contributed by atoms with E-state index in [9.17, 15) is 0 Å². The fourth-order valence-electron chi connectivity index (χ4n) is 3.00. The smallest absolute Gasteiger partial charge is 0.191 e. The maximum absolute atomic E-state index is 5.97. The molecule has 5 nitrogen and oxygen atoms in total. The molecule has 0 bridgehead atoms. The van der Waals surface area contributed by atoms with Crippen molar-refractivity contribution < 1.29 is 4.74 Å². The van der Waals surface area contributed by atoms with Crippen molar-refractivity contribution >= 4 is 23.4 Å². The maximum atomic E-state index is 5.97. The van der Waals surface area contributed by atoms with Crippen LogP contribution in [0.3, 0.4) is 0 Å². The number of pyridine rings is 1. The number of aromatic nitrogens is 4. The minimum Gasteiger partial charge on any atom is -0.376 e. The molecule has 7 heteroatoms. The molecule has 0 saturated carbocycles. The van der Waals surface area contributed by atoms with Gasteiger partial charge in [-0.15, -0.1) is 10.2 Å². The maximum Gasteiger partial charge on any atom is 0.191 e. The first kappa shape index (κ1) is 17.5. The Morgan fingerprint density at radius 2 is 1.92 bits per heavy atom. The zero-order valence-corrected chi connectivity index (χ0v) is 15.8. The quantitative estimate of drug-likeness (QED) is 0.585. The Bertz CT molecular complexity index is 848. The lowest BCUT2D eigenvalue weighted by Crippen LogP contribution is -2.16. The average Bonchev–Trinajstić information content (AvgIpc) is 3.33. The summed E-state index contributed by atoms with van der Waals surface area (Å²) in [6, 6.07) is 11.8. The first-order chi connectivity index (χ1) is 12.8. The first-order valence-electron chi connectivity index (χ1n) is 8.62. The van der Waals surface area contributed by atoms with Crippen molar-refractivity contribution in [2.24, 2.45) is 0 Å². The highest BCUT2D eigenvalue weighted by Crippen LogP contribution is 2.28. The Morgan fingerprint density at radius 3 is 2.65 bits per heavy atom. The van der Waals surface area contributed by atoms with Gasteiger partial charge in [-0.25, -0.2) is 0 Å². The van der Waals surface area contributed by atoms with E-state index in [1.165, 1.54) is 5.56 Å². The van der Waals surface area contributed by atoms with Gasteiger partial charge in [0.2, 0.25) is 0 Å². The van der Waals surface area contributed by atoms with Crippen LogP contribution in [-0.4, -0.2) is 32.5 Å². The van der Waals surface area contributed by atoms with E-state index in [0.29, 0.717) is 0 Å². The fraction of sp³-hybridized carbons (Fsp3) is 0.316. The Kier molecular flexibility index (Phi) is 5.53. The van der Waals surface area contributed by atoms with Crippen LogP contribution < -0.4 is 0 Å². The van der Waals surface area contributed by atoms with Gasteiger partial charge in [-0.1, -0.05) is 35.5 Å². The Balaban J connectivity index is 1.58. The second kappa shape index (κ2) is 8.20. The number of benzene rings is 1. The summed E-state index contributed by atoms with van der Waals surface area (Å²) in [5.74, 6) is 1.68. The summed E-state index contributed by atoms with van der Waals surface area (Å²) in [5.41, 5.74) is 2.22. The van der Waals surface area contributed by atoms with E-state index < -0.39 is 0 Å². The van der Waals surface area contributed by atoms with Gasteiger partial charge >= 0.3 is 0 Å². The summed E-state index contributed by atoms with van der Waals surface area (Å²) >= 11 is 7.65. The van der Waals surface area contributed by atoms with Gasteiger partial charge in [0, 0.05) is 35.3 Å². The van der Waals surface area contributed by atoms with Gasteiger partial charge in [0.05, 0.1) is 12.6 Å². The van der Waals surface area contributed by atoms with E-state index in [1.807, 2.05) is 36.4 Å². The third-order valence-electron chi connectivity index (χ3n) is 4.35. The molecule has 0 amide bonds. The van der Waals surface area contributed by atoms with Crippen molar-refractivity contribution in [3.8, 4) is 11.4 Å². The molecule has 0 N–H and O–H groups in total. The van der Waals surface area contributed by atoms with Crippen LogP contribution in [0.2, 0.25) is 5.02 Å². The van der Waals surface area contributed by atoms with Crippen molar-refractivity contribution in [1.29, 1.82) is 0 Å². The molecule has 3 heterocycles. The Labute approximate surface area is 161 Å². The number of rotatable bonds is 6. The van der Waals surface area contributed by atoms with Crippen LogP contribution in [-0.2, 0) is 17.0 Å². The zero-order chi connectivity index (χ0) is 17.8. The van der Waals surface area contributed by atoms with Crippen LogP contribution in [0.1, 0.15) is 18.4 Å². The predicted molar refractivity (Wildman–Crippen MR) is 103 cm³/mol. The number of thioether (sulfide) groups is 1. The second-order valence-electron chi connectivity index (χ2n) is 6.20. The van der Waals surface area contributed by atoms with Crippen molar-refractivity contribution in [2.75, 3.05) is 6.61 Å². The summed E-state index contributed by atoms with van der Waals surface area (Å²) in [4.78, 5) is 4.10. The van der Waals surface area contributed by atoms with Gasteiger partial charge in [0.1, 0.15) is 0 Å². The van der Waals surface area contributed by atoms with Gasteiger partial charge in [-0.3, -0.25) is 9.55 Å². The highest BCUT2D eigenvalue weighted by Gasteiger charge is 2.21. The summed E-state index contributed by atoms with van der Waals surface area (Å²) in [7, 11) is 0. The van der Waals surface area contributed by atoms with Crippen molar-refractivity contribution in [2.45, 2.75) is 36.4 Å². The van der Waals surface area contributed by atoms with Crippen LogP contribution in [0.4, 0.5) is 0 Å². The van der Waals surface area contributed by atoms with Crippen molar-refractivity contribution in [3.05, 3.63) is 59.4 Å². The third-order valence-corrected chi connectivity index (χ3v) is 5.64. The summed E-state index contributed by atoms with van der Waals surface area (Å²) in [6.45, 7) is 1.61. The molecule has 1 aliphatic rings. The standard InChI is InChI=1S/C19H19ClN4OS/c20-16-5-3-14(4-6-16)13-26-19-23-22-18(15-7-9-21-10-8-15)24(19)12-17-2-1-11-25-17/h3-10,17H,1-2,11-13H2. The molecule has 1 saturated heterocycles. The summed E-state index contributed by atoms with van der Waals surface area (Å²) < 4.78 is 8.01. The Hall–Kier alpha value is -1.89. The highest BCUT2D eigenvalue weighted by molar-refractivity contribution is 7.98. The molecule has 0 aliphatic carbocycles. The number of halogens is 1. The number of hydrogen-bond donors (Lipinski definition) is 0. The minimum absolute atomic E-state index is 0.224. The molecule has 4 rings (SSSR count). The molecule has 1 atom stereocenters. The van der Waals surface area contributed by atoms with E-state index in [0.717, 1.165) is 53.3 Å². The van der Waals surface area contributed by atoms with Gasteiger partial charge in [0.15, 0.2) is 11.0 Å². The molecule has 3 aromatic rings. The van der Waals surface area contributed by atoms with Gasteiger partial charge in [-0.05, 0) is 42.7 Å². The van der Waals surface area contributed by atoms with Crippen LogP contribution >= 0.6 is 23.4 Å². The van der Waals surface area contributed by atoms with E-state index in [-0.39, 0.29) is 6.10 Å². The van der Waals surface area contributed by atoms with Crippen LogP contribution in [0.25, 0.3) is 11.4 Å². The topological polar surface area (TPSA) is 52.8 Å². The van der Waals surface area contributed by atoms with E-state index in [2.05, 4.69) is 19.7 Å². The number of hydrogen-bond acceptors (Lipinski definition) is 5. The number of ether oxygens (including phenoxy) is 1. The molecular weight excluding hydrogens is 368 g/mol. The van der Waals surface area contributed by atoms with Crippen molar-refractivity contribution in [1.82, 2.24) is 19.7 Å². The molecule has 0 radical (unpaired) electrons. The molecule has 2 aromatic heterocycles. The second-order valence-corrected chi connectivity index (χ2v) is 7.58. The highest BCUT2D eigenvalue weighted by atomic mass is 35.5. The molecule has 0 spiro atoms. The van der Waals surface area contributed by atoms with Gasteiger partial charge < -0.3 is 4.74 Å². The predicted octanol–water partition coefficient (Wildman–Crippen LogP) is 4.46. The molecule has 1 aliphatic heterocycles. The van der Waals surface area contributed by atoms with Crippen LogP contribution in [0.5, 0.6) is 0 Å². The van der Waals surface area contributed by atoms with Crippen molar-refractivity contribution in [3.63, 3.8) is 0 Å². The number of nitrogens with zero attached hydrogens (tertiary/aromatic N) is 4. The van der Waals surface area contributed by atoms with Crippen LogP contribution in [0, 0.1) is 0 Å². The molecule has 1 aromatic carbocycles. The first-order valence-corrected chi connectivity index (χ1v) is 9.98. The lowest BCUT2D eigenvalue weighted by Gasteiger charge is -2.14. The largest absolute Gasteiger partial charge is 0.376 e. The normalized spacial score (nSPS) is 16.9. The van der Waals surface area contributed by atoms with E-state index in [1.54, 1.807) is 24.2 Å². The SMILES string of the molecule is Clc1ccc(CSc2nnc(-c3ccncc3)n2CC2CCCO2)cc1. The molecule has 134 valence electrons. The van der Waals surface area contributed by atoms with E-state index >= 15 is 0 Å². The summed E-state index contributed by atoms with van der Waals surface area (Å²) in [6.07, 6.45) is 5.98. The lowest BCUT2D eigenvalue weighted by atomic mass is 10.2. The van der Waals surface area contributed by atoms with Gasteiger partial charge in [-0.2, -0.15) is 0 Å². The summed E-state index contributed by atoms with van der Waals surface area (Å²) in [5, 5.41) is 10.5. The monoisotopic (exact) mass is 386 g/mol. The molecule has 26 heavy (non-hydrogen) atoms. The van der Waals surface area contributed by atoms with Crippen LogP contribution in [0.15, 0.2) is 53.9 Å². The lowest BCUT2D eigenvalue weighted by molar-refractivity contribution is 0.0953. The van der Waals surface area contributed by atoms with Gasteiger partial charge in [0.25, 0.3) is 0 Å². The molecule has 1 fully saturated rings. The zero-order valence-electron chi connectivity index (χ0n) is 14.2. The molecular formula is C19H19ClN4OS. The Morgan fingerprint density at radius 1 is 1.12 bits per heavy atom.